The molecule has 5 nitrogen and oxygen atoms in total. The van der Waals surface area contributed by atoms with Gasteiger partial charge in [-0.3, -0.25) is 4.79 Å². The fraction of sp³-hybridized carbons (Fsp3) is 0.273. The largest absolute Gasteiger partial charge is 0.398 e. The highest BCUT2D eigenvalue weighted by atomic mass is 32.2. The number of nitrogens with two attached hydrogens (primary N) is 1. The number of aromatic nitrogens is 2. The predicted octanol–water partition coefficient (Wildman–Crippen LogP) is 1.24. The molecular formula is C11H13N3O2S. The van der Waals surface area contributed by atoms with Crippen LogP contribution < -0.4 is 11.3 Å². The number of anilines is 1. The van der Waals surface area contributed by atoms with Crippen LogP contribution in [0.2, 0.25) is 0 Å². The number of nitrogens with one attached hydrogen (secondary N) is 1. The number of aromatic amines is 1. The first-order valence-corrected chi connectivity index (χ1v) is 6.09. The van der Waals surface area contributed by atoms with E-state index in [-0.39, 0.29) is 5.56 Å². The average Bonchev–Trinajstić information content (AvgIpc) is 2.31. The summed E-state index contributed by atoms with van der Waals surface area (Å²) < 4.78 is 4.98. The Balaban J connectivity index is 2.38. The summed E-state index contributed by atoms with van der Waals surface area (Å²) >= 11 is 1.59. The second-order valence-corrected chi connectivity index (χ2v) is 4.62. The molecule has 1 aromatic heterocycles. The molecule has 17 heavy (non-hydrogen) atoms. The molecule has 0 aliphatic heterocycles. The Bertz CT molecular complexity index is 582. The van der Waals surface area contributed by atoms with Gasteiger partial charge in [0.05, 0.1) is 23.8 Å². The number of hydrogen-bond acceptors (Lipinski definition) is 5. The summed E-state index contributed by atoms with van der Waals surface area (Å²) in [7, 11) is 1.66. The number of ether oxygens (including phenoxy) is 1. The summed E-state index contributed by atoms with van der Waals surface area (Å²) in [6, 6.07) is 3.50. The lowest BCUT2D eigenvalue weighted by Gasteiger charge is -2.06. The standard InChI is InChI=1S/C11H13N3O2S/c1-16-2-3-17-10-5-9-7(4-8(10)12)11(15)14-6-13-9/h4-6H,2-3,12H2,1H3,(H,13,14,15). The first-order chi connectivity index (χ1) is 8.22. The van der Waals surface area contributed by atoms with Gasteiger partial charge < -0.3 is 15.5 Å². The van der Waals surface area contributed by atoms with Crippen LogP contribution in [-0.2, 0) is 4.74 Å². The van der Waals surface area contributed by atoms with Crippen molar-refractivity contribution in [3.8, 4) is 0 Å². The van der Waals surface area contributed by atoms with E-state index in [0.29, 0.717) is 23.2 Å². The molecular weight excluding hydrogens is 238 g/mol. The molecule has 90 valence electrons. The molecule has 0 amide bonds. The second-order valence-electron chi connectivity index (χ2n) is 3.48. The van der Waals surface area contributed by atoms with E-state index in [1.165, 1.54) is 6.33 Å². The number of benzene rings is 1. The highest BCUT2D eigenvalue weighted by Gasteiger charge is 2.06. The topological polar surface area (TPSA) is 81.0 Å². The second kappa shape index (κ2) is 5.20. The van der Waals surface area contributed by atoms with Crippen LogP contribution in [0.1, 0.15) is 0 Å². The number of hydrogen-bond donors (Lipinski definition) is 2. The molecule has 0 aliphatic rings. The molecule has 3 N–H and O–H groups in total. The van der Waals surface area contributed by atoms with Gasteiger partial charge in [-0.15, -0.1) is 11.8 Å². The fourth-order valence-electron chi connectivity index (χ4n) is 1.47. The number of fused-ring (bicyclic) bond motifs is 1. The van der Waals surface area contributed by atoms with Gasteiger partial charge in [-0.2, -0.15) is 0 Å². The number of H-pyrrole nitrogens is 1. The smallest absolute Gasteiger partial charge is 0.258 e. The van der Waals surface area contributed by atoms with Gasteiger partial charge in [0, 0.05) is 23.4 Å². The Morgan fingerprint density at radius 2 is 2.35 bits per heavy atom. The average molecular weight is 251 g/mol. The van der Waals surface area contributed by atoms with Crippen molar-refractivity contribution in [3.63, 3.8) is 0 Å². The monoisotopic (exact) mass is 251 g/mol. The van der Waals surface area contributed by atoms with Gasteiger partial charge in [-0.05, 0) is 12.1 Å². The Morgan fingerprint density at radius 1 is 1.53 bits per heavy atom. The lowest BCUT2D eigenvalue weighted by molar-refractivity contribution is 0.218. The minimum atomic E-state index is -0.171. The van der Waals surface area contributed by atoms with Gasteiger partial charge in [-0.1, -0.05) is 0 Å². The van der Waals surface area contributed by atoms with Crippen molar-refractivity contribution in [1.29, 1.82) is 0 Å². The van der Waals surface area contributed by atoms with Gasteiger partial charge in [0.2, 0.25) is 0 Å². The van der Waals surface area contributed by atoms with Crippen LogP contribution in [-0.4, -0.2) is 29.4 Å². The number of nitrogen functional groups attached to an aromatic ring is 1. The maximum atomic E-state index is 11.5. The zero-order chi connectivity index (χ0) is 12.3. The first kappa shape index (κ1) is 11.9. The molecule has 0 bridgehead atoms. The molecule has 0 atom stereocenters. The third kappa shape index (κ3) is 2.59. The first-order valence-electron chi connectivity index (χ1n) is 5.11. The summed E-state index contributed by atoms with van der Waals surface area (Å²) in [5.74, 6) is 0.815. The van der Waals surface area contributed by atoms with Crippen LogP contribution in [0.15, 0.2) is 28.2 Å². The molecule has 0 saturated heterocycles. The van der Waals surface area contributed by atoms with Gasteiger partial charge in [0.1, 0.15) is 0 Å². The minimum Gasteiger partial charge on any atom is -0.398 e. The molecule has 0 unspecified atom stereocenters. The lowest BCUT2D eigenvalue weighted by Crippen LogP contribution is -2.07. The van der Waals surface area contributed by atoms with E-state index >= 15 is 0 Å². The number of thioether (sulfide) groups is 1. The molecule has 6 heteroatoms. The zero-order valence-corrected chi connectivity index (χ0v) is 10.2. The summed E-state index contributed by atoms with van der Waals surface area (Å²) in [4.78, 5) is 19.1. The quantitative estimate of drug-likeness (QED) is 0.485. The molecule has 0 radical (unpaired) electrons. The van der Waals surface area contributed by atoms with Crippen molar-refractivity contribution in [2.45, 2.75) is 4.90 Å². The van der Waals surface area contributed by atoms with E-state index in [0.717, 1.165) is 10.6 Å². The Hall–Kier alpha value is -1.53. The number of rotatable bonds is 4. The van der Waals surface area contributed by atoms with Crippen molar-refractivity contribution in [1.82, 2.24) is 9.97 Å². The third-order valence-electron chi connectivity index (χ3n) is 2.32. The summed E-state index contributed by atoms with van der Waals surface area (Å²) in [6.07, 6.45) is 1.39. The zero-order valence-electron chi connectivity index (χ0n) is 9.40. The van der Waals surface area contributed by atoms with Crippen LogP contribution >= 0.6 is 11.8 Å². The van der Waals surface area contributed by atoms with Gasteiger partial charge >= 0.3 is 0 Å². The maximum Gasteiger partial charge on any atom is 0.258 e. The van der Waals surface area contributed by atoms with Gasteiger partial charge in [-0.25, -0.2) is 4.98 Å². The highest BCUT2D eigenvalue weighted by Crippen LogP contribution is 2.27. The van der Waals surface area contributed by atoms with Crippen molar-refractivity contribution >= 4 is 28.4 Å². The van der Waals surface area contributed by atoms with E-state index in [1.54, 1.807) is 24.9 Å². The summed E-state index contributed by atoms with van der Waals surface area (Å²) in [5, 5.41) is 0.515. The normalized spacial score (nSPS) is 10.9. The predicted molar refractivity (Wildman–Crippen MR) is 69.4 cm³/mol. The van der Waals surface area contributed by atoms with Crippen molar-refractivity contribution in [2.75, 3.05) is 25.2 Å². The SMILES string of the molecule is COCCSc1cc2nc[nH]c(=O)c2cc1N. The van der Waals surface area contributed by atoms with Crippen LogP contribution in [0.5, 0.6) is 0 Å². The van der Waals surface area contributed by atoms with Crippen molar-refractivity contribution in [2.24, 2.45) is 0 Å². The number of nitrogens with zero attached hydrogens (tertiary/aromatic N) is 1. The fourth-order valence-corrected chi connectivity index (χ4v) is 2.36. The molecule has 2 aromatic rings. The van der Waals surface area contributed by atoms with Gasteiger partial charge in [0.15, 0.2) is 0 Å². The number of methoxy groups -OCH3 is 1. The van der Waals surface area contributed by atoms with E-state index in [9.17, 15) is 4.79 Å². The van der Waals surface area contributed by atoms with Crippen molar-refractivity contribution in [3.05, 3.63) is 28.8 Å². The Kier molecular flexibility index (Phi) is 3.65. The summed E-state index contributed by atoms with van der Waals surface area (Å²) in [5.41, 5.74) is 6.97. The lowest BCUT2D eigenvalue weighted by atomic mass is 10.2. The molecule has 2 rings (SSSR count). The molecule has 0 spiro atoms. The van der Waals surface area contributed by atoms with Crippen LogP contribution in [0.25, 0.3) is 10.9 Å². The summed E-state index contributed by atoms with van der Waals surface area (Å²) in [6.45, 7) is 0.658. The van der Waals surface area contributed by atoms with E-state index < -0.39 is 0 Å². The third-order valence-corrected chi connectivity index (χ3v) is 3.35. The van der Waals surface area contributed by atoms with Crippen molar-refractivity contribution < 1.29 is 4.74 Å². The maximum absolute atomic E-state index is 11.5. The van der Waals surface area contributed by atoms with Crippen LogP contribution in [0.4, 0.5) is 5.69 Å². The molecule has 0 saturated carbocycles. The Labute approximate surface area is 102 Å². The van der Waals surface area contributed by atoms with Gasteiger partial charge in [0.25, 0.3) is 5.56 Å². The van der Waals surface area contributed by atoms with Crippen LogP contribution in [0, 0.1) is 0 Å². The molecule has 1 aromatic carbocycles. The van der Waals surface area contributed by atoms with E-state index in [4.69, 9.17) is 10.5 Å². The molecule has 0 aliphatic carbocycles. The Morgan fingerprint density at radius 3 is 3.12 bits per heavy atom. The van der Waals surface area contributed by atoms with E-state index in [2.05, 4.69) is 9.97 Å². The molecule has 0 fully saturated rings. The van der Waals surface area contributed by atoms with Crippen LogP contribution in [0.3, 0.4) is 0 Å². The highest BCUT2D eigenvalue weighted by molar-refractivity contribution is 7.99. The molecule has 1 heterocycles. The minimum absolute atomic E-state index is 0.171. The van der Waals surface area contributed by atoms with E-state index in [1.807, 2.05) is 6.07 Å².